The summed E-state index contributed by atoms with van der Waals surface area (Å²) >= 11 is 9.15. The Bertz CT molecular complexity index is 3120. The molecule has 0 amide bonds. The molecule has 4 heteroatoms. The number of rotatable bonds is 5. The molecular formula is C51H34ClNOS. The van der Waals surface area contributed by atoms with Gasteiger partial charge in [-0.3, -0.25) is 0 Å². The number of nitrogens with zero attached hydrogens (tertiary/aromatic N) is 1. The van der Waals surface area contributed by atoms with Gasteiger partial charge in [-0.05, 0) is 116 Å². The Morgan fingerprint density at radius 3 is 2.05 bits per heavy atom. The van der Waals surface area contributed by atoms with E-state index < -0.39 is 0 Å². The quantitative estimate of drug-likeness (QED) is 0.174. The zero-order valence-corrected chi connectivity index (χ0v) is 31.9. The van der Waals surface area contributed by atoms with E-state index in [1.54, 1.807) is 0 Å². The lowest BCUT2D eigenvalue weighted by Gasteiger charge is -2.29. The van der Waals surface area contributed by atoms with Gasteiger partial charge in [0.1, 0.15) is 11.2 Å². The highest BCUT2D eigenvalue weighted by atomic mass is 35.5. The third-order valence-electron chi connectivity index (χ3n) is 11.4. The molecule has 1 aliphatic carbocycles. The van der Waals surface area contributed by atoms with Crippen LogP contribution < -0.4 is 4.90 Å². The van der Waals surface area contributed by atoms with Crippen LogP contribution >= 0.6 is 22.9 Å². The summed E-state index contributed by atoms with van der Waals surface area (Å²) in [5.74, 6) is 0. The van der Waals surface area contributed by atoms with E-state index in [0.29, 0.717) is 5.02 Å². The molecule has 0 bridgehead atoms. The van der Waals surface area contributed by atoms with E-state index in [9.17, 15) is 0 Å². The topological polar surface area (TPSA) is 16.4 Å². The van der Waals surface area contributed by atoms with E-state index in [1.807, 2.05) is 23.5 Å². The average Bonchev–Trinajstić information content (AvgIpc) is 3.88. The number of para-hydroxylation sites is 2. The molecule has 0 spiro atoms. The number of anilines is 3. The van der Waals surface area contributed by atoms with E-state index in [2.05, 4.69) is 176 Å². The number of furan rings is 1. The van der Waals surface area contributed by atoms with Crippen LogP contribution in [0.5, 0.6) is 0 Å². The molecule has 0 fully saturated rings. The molecule has 2 nitrogen and oxygen atoms in total. The predicted molar refractivity (Wildman–Crippen MR) is 235 cm³/mol. The molecule has 2 heterocycles. The van der Waals surface area contributed by atoms with Crippen LogP contribution in [0.25, 0.3) is 75.5 Å². The lowest BCUT2D eigenvalue weighted by Crippen LogP contribution is -2.17. The summed E-state index contributed by atoms with van der Waals surface area (Å²) in [5.41, 5.74) is 13.5. The molecule has 0 N–H and O–H groups in total. The van der Waals surface area contributed by atoms with Crippen molar-refractivity contribution in [1.82, 2.24) is 0 Å². The Morgan fingerprint density at radius 2 is 1.22 bits per heavy atom. The molecule has 0 atom stereocenters. The van der Waals surface area contributed by atoms with Crippen molar-refractivity contribution in [1.29, 1.82) is 0 Å². The summed E-state index contributed by atoms with van der Waals surface area (Å²) in [6, 6.07) is 60.9. The first-order chi connectivity index (χ1) is 26.9. The summed E-state index contributed by atoms with van der Waals surface area (Å²) in [6.45, 7) is 4.77. The van der Waals surface area contributed by atoms with E-state index >= 15 is 0 Å². The molecule has 8 aromatic carbocycles. The summed E-state index contributed by atoms with van der Waals surface area (Å²) < 4.78 is 7.54. The zero-order valence-electron chi connectivity index (χ0n) is 30.3. The van der Waals surface area contributed by atoms with Crippen molar-refractivity contribution < 1.29 is 4.42 Å². The lowest BCUT2D eigenvalue weighted by molar-refractivity contribution is 0.663. The summed E-state index contributed by atoms with van der Waals surface area (Å²) in [4.78, 5) is 3.60. The Labute approximate surface area is 328 Å². The molecular weight excluding hydrogens is 710 g/mol. The first-order valence-corrected chi connectivity index (χ1v) is 19.9. The SMILES string of the molecule is CC1(C)c2ccccc2-c2c1c(-c1cc(Cl)cc(N(c3ccccc3)c3ccc4oc5ccccc5c4c3)c1)c1ccccc1c2-c1cc2ccccc2s1. The number of fused-ring (bicyclic) bond motifs is 8. The van der Waals surface area contributed by atoms with Crippen molar-refractivity contribution in [2.75, 3.05) is 4.90 Å². The molecule has 55 heavy (non-hydrogen) atoms. The van der Waals surface area contributed by atoms with Gasteiger partial charge in [0.2, 0.25) is 0 Å². The van der Waals surface area contributed by atoms with Gasteiger partial charge >= 0.3 is 0 Å². The molecule has 11 rings (SSSR count). The van der Waals surface area contributed by atoms with Crippen molar-refractivity contribution >= 4 is 82.8 Å². The molecule has 0 saturated carbocycles. The van der Waals surface area contributed by atoms with Crippen LogP contribution in [0.2, 0.25) is 5.02 Å². The van der Waals surface area contributed by atoms with Crippen LogP contribution in [-0.4, -0.2) is 0 Å². The van der Waals surface area contributed by atoms with Crippen molar-refractivity contribution in [3.8, 4) is 32.7 Å². The van der Waals surface area contributed by atoms with Crippen LogP contribution in [0.3, 0.4) is 0 Å². The van der Waals surface area contributed by atoms with Gasteiger partial charge < -0.3 is 9.32 Å². The van der Waals surface area contributed by atoms with Gasteiger partial charge in [0, 0.05) is 53.4 Å². The Balaban J connectivity index is 1.20. The van der Waals surface area contributed by atoms with Gasteiger partial charge in [-0.25, -0.2) is 0 Å². The van der Waals surface area contributed by atoms with E-state index in [4.69, 9.17) is 16.0 Å². The second kappa shape index (κ2) is 12.2. The second-order valence-electron chi connectivity index (χ2n) is 15.0. The zero-order chi connectivity index (χ0) is 36.8. The van der Waals surface area contributed by atoms with Crippen LogP contribution in [0.1, 0.15) is 25.0 Å². The molecule has 2 aromatic heterocycles. The minimum atomic E-state index is -0.272. The largest absolute Gasteiger partial charge is 0.456 e. The maximum absolute atomic E-state index is 7.27. The Morgan fingerprint density at radius 1 is 0.527 bits per heavy atom. The van der Waals surface area contributed by atoms with Crippen LogP contribution in [0.15, 0.2) is 174 Å². The molecule has 0 aliphatic heterocycles. The molecule has 0 saturated heterocycles. The Hall–Kier alpha value is -6.13. The fourth-order valence-electron chi connectivity index (χ4n) is 9.10. The van der Waals surface area contributed by atoms with E-state index in [0.717, 1.165) is 44.6 Å². The van der Waals surface area contributed by atoms with Crippen molar-refractivity contribution in [2.45, 2.75) is 19.3 Å². The lowest BCUT2D eigenvalue weighted by atomic mass is 9.76. The fourth-order valence-corrected chi connectivity index (χ4v) is 10.5. The number of benzene rings is 8. The van der Waals surface area contributed by atoms with Crippen molar-refractivity contribution in [3.63, 3.8) is 0 Å². The van der Waals surface area contributed by atoms with Gasteiger partial charge in [0.15, 0.2) is 0 Å². The summed E-state index contributed by atoms with van der Waals surface area (Å²) in [6.07, 6.45) is 0. The number of hydrogen-bond donors (Lipinski definition) is 0. The monoisotopic (exact) mass is 743 g/mol. The molecule has 262 valence electrons. The average molecular weight is 744 g/mol. The minimum absolute atomic E-state index is 0.272. The molecule has 0 radical (unpaired) electrons. The van der Waals surface area contributed by atoms with Gasteiger partial charge in [-0.15, -0.1) is 11.3 Å². The van der Waals surface area contributed by atoms with Gasteiger partial charge in [0.25, 0.3) is 0 Å². The maximum atomic E-state index is 7.27. The smallest absolute Gasteiger partial charge is 0.135 e. The van der Waals surface area contributed by atoms with E-state index in [1.165, 1.54) is 59.1 Å². The number of halogens is 1. The van der Waals surface area contributed by atoms with Gasteiger partial charge in [-0.2, -0.15) is 0 Å². The summed E-state index contributed by atoms with van der Waals surface area (Å²) in [7, 11) is 0. The first-order valence-electron chi connectivity index (χ1n) is 18.7. The van der Waals surface area contributed by atoms with E-state index in [-0.39, 0.29) is 5.41 Å². The minimum Gasteiger partial charge on any atom is -0.456 e. The summed E-state index contributed by atoms with van der Waals surface area (Å²) in [5, 5.41) is 6.60. The van der Waals surface area contributed by atoms with Crippen LogP contribution in [-0.2, 0) is 5.41 Å². The third kappa shape index (κ3) is 4.93. The highest BCUT2D eigenvalue weighted by Gasteiger charge is 2.41. The van der Waals surface area contributed by atoms with Crippen molar-refractivity contribution in [3.05, 3.63) is 186 Å². The highest BCUT2D eigenvalue weighted by Crippen LogP contribution is 2.59. The van der Waals surface area contributed by atoms with Crippen molar-refractivity contribution in [2.24, 2.45) is 0 Å². The molecule has 1 aliphatic rings. The maximum Gasteiger partial charge on any atom is 0.135 e. The second-order valence-corrected chi connectivity index (χ2v) is 16.5. The van der Waals surface area contributed by atoms with Gasteiger partial charge in [0.05, 0.1) is 0 Å². The first kappa shape index (κ1) is 32.3. The van der Waals surface area contributed by atoms with Crippen LogP contribution in [0, 0.1) is 0 Å². The third-order valence-corrected chi connectivity index (χ3v) is 12.8. The number of thiophene rings is 1. The standard InChI is InChI=1S/C51H34ClNOS/c1-51(2)42-21-11-9-20-40(42)49-48(46-28-31-14-6-13-23-45(31)55-46)39-19-8-7-18-38(39)47(50(49)51)32-26-33(52)29-36(27-32)53(34-15-4-3-5-16-34)35-24-25-44-41(30-35)37-17-10-12-22-43(37)54-44/h3-30H,1-2H3. The van der Waals surface area contributed by atoms with Crippen LogP contribution in [0.4, 0.5) is 17.1 Å². The number of hydrogen-bond acceptors (Lipinski definition) is 3. The molecule has 0 unspecified atom stereocenters. The normalized spacial score (nSPS) is 13.1. The highest BCUT2D eigenvalue weighted by molar-refractivity contribution is 7.22. The fraction of sp³-hybridized carbons (Fsp3) is 0.0588. The van der Waals surface area contributed by atoms with Gasteiger partial charge in [-0.1, -0.05) is 129 Å². The Kier molecular flexibility index (Phi) is 7.16. The predicted octanol–water partition coefficient (Wildman–Crippen LogP) is 15.7. The molecule has 10 aromatic rings.